The van der Waals surface area contributed by atoms with E-state index in [2.05, 4.69) is 13.0 Å². The monoisotopic (exact) mass is 224 g/mol. The highest BCUT2D eigenvalue weighted by atomic mass is 16.5. The van der Waals surface area contributed by atoms with Crippen LogP contribution in [0.25, 0.3) is 0 Å². The van der Waals surface area contributed by atoms with Crippen molar-refractivity contribution in [3.8, 4) is 0 Å². The molecule has 1 rings (SSSR count). The smallest absolute Gasteiger partial charge is 0.334 e. The molecule has 0 N–H and O–H groups in total. The molecule has 0 aliphatic carbocycles. The van der Waals surface area contributed by atoms with Gasteiger partial charge in [-0.15, -0.1) is 0 Å². The Kier molecular flexibility index (Phi) is 4.59. The average molecular weight is 224 g/mol. The van der Waals surface area contributed by atoms with Gasteiger partial charge in [0.2, 0.25) is 0 Å². The Morgan fingerprint density at radius 2 is 2.31 bits per heavy atom. The summed E-state index contributed by atoms with van der Waals surface area (Å²) < 4.78 is 10.7. The molecule has 1 atom stereocenters. The highest BCUT2D eigenvalue weighted by molar-refractivity contribution is 5.82. The molecule has 0 saturated carbocycles. The summed E-state index contributed by atoms with van der Waals surface area (Å²) in [6, 6.07) is 0. The first-order chi connectivity index (χ1) is 7.65. The van der Waals surface area contributed by atoms with Crippen LogP contribution in [0.3, 0.4) is 0 Å². The third-order valence-corrected chi connectivity index (χ3v) is 2.76. The molecular formula is C13H20O3. The van der Waals surface area contributed by atoms with E-state index >= 15 is 0 Å². The fourth-order valence-corrected chi connectivity index (χ4v) is 1.90. The molecule has 1 saturated heterocycles. The van der Waals surface area contributed by atoms with Crippen molar-refractivity contribution in [3.05, 3.63) is 24.0 Å². The van der Waals surface area contributed by atoms with Crippen molar-refractivity contribution in [1.82, 2.24) is 0 Å². The first-order valence-electron chi connectivity index (χ1n) is 5.86. The van der Waals surface area contributed by atoms with Crippen molar-refractivity contribution in [3.63, 3.8) is 0 Å². The molecule has 3 nitrogen and oxygen atoms in total. The molecule has 1 heterocycles. The van der Waals surface area contributed by atoms with Crippen LogP contribution in [0.2, 0.25) is 0 Å². The maximum Gasteiger partial charge on any atom is 0.334 e. The van der Waals surface area contributed by atoms with Crippen molar-refractivity contribution in [2.24, 2.45) is 0 Å². The Morgan fingerprint density at radius 1 is 1.56 bits per heavy atom. The largest absolute Gasteiger partial charge is 0.487 e. The molecule has 90 valence electrons. The first kappa shape index (κ1) is 12.8. The van der Waals surface area contributed by atoms with E-state index < -0.39 is 0 Å². The van der Waals surface area contributed by atoms with Gasteiger partial charge in [-0.05, 0) is 32.8 Å². The lowest BCUT2D eigenvalue weighted by atomic mass is 9.96. The van der Waals surface area contributed by atoms with Crippen LogP contribution in [0.4, 0.5) is 0 Å². The van der Waals surface area contributed by atoms with E-state index in [-0.39, 0.29) is 11.6 Å². The molecule has 1 fully saturated rings. The summed E-state index contributed by atoms with van der Waals surface area (Å²) in [5.41, 5.74) is -0.215. The quantitative estimate of drug-likeness (QED) is 0.418. The molecule has 16 heavy (non-hydrogen) atoms. The number of carbonyl (C=O) groups is 1. The molecule has 1 aliphatic rings. The van der Waals surface area contributed by atoms with E-state index in [9.17, 15) is 4.79 Å². The van der Waals surface area contributed by atoms with Crippen LogP contribution < -0.4 is 0 Å². The summed E-state index contributed by atoms with van der Waals surface area (Å²) in [4.78, 5) is 11.3. The third-order valence-electron chi connectivity index (χ3n) is 2.76. The Hall–Kier alpha value is -1.25. The average Bonchev–Trinajstić information content (AvgIpc) is 2.63. The first-order valence-corrected chi connectivity index (χ1v) is 5.86. The SMILES string of the molecule is C/C=C\C1(CC)CC/C(=C\C(=O)OCC)O1. The third kappa shape index (κ3) is 3.12. The minimum absolute atomic E-state index is 0.215. The van der Waals surface area contributed by atoms with Gasteiger partial charge in [-0.3, -0.25) is 0 Å². The summed E-state index contributed by atoms with van der Waals surface area (Å²) in [5, 5.41) is 0. The summed E-state index contributed by atoms with van der Waals surface area (Å²) >= 11 is 0. The summed E-state index contributed by atoms with van der Waals surface area (Å²) in [6.45, 7) is 6.26. The van der Waals surface area contributed by atoms with Crippen LogP contribution in [0.1, 0.15) is 40.0 Å². The second-order valence-corrected chi connectivity index (χ2v) is 3.88. The van der Waals surface area contributed by atoms with Crippen molar-refractivity contribution >= 4 is 5.97 Å². The summed E-state index contributed by atoms with van der Waals surface area (Å²) in [6.07, 6.45) is 8.17. The normalized spacial score (nSPS) is 27.3. The molecule has 0 radical (unpaired) electrons. The number of hydrogen-bond donors (Lipinski definition) is 0. The highest BCUT2D eigenvalue weighted by Gasteiger charge is 2.34. The second-order valence-electron chi connectivity index (χ2n) is 3.88. The van der Waals surface area contributed by atoms with E-state index in [0.29, 0.717) is 6.61 Å². The van der Waals surface area contributed by atoms with E-state index in [1.165, 1.54) is 6.08 Å². The van der Waals surface area contributed by atoms with E-state index in [1.54, 1.807) is 6.92 Å². The van der Waals surface area contributed by atoms with Crippen LogP contribution >= 0.6 is 0 Å². The predicted octanol–water partition coefficient (Wildman–Crippen LogP) is 2.97. The topological polar surface area (TPSA) is 35.5 Å². The summed E-state index contributed by atoms with van der Waals surface area (Å²) in [5.74, 6) is 0.420. The molecule has 0 aromatic heterocycles. The number of carbonyl (C=O) groups excluding carboxylic acids is 1. The molecule has 0 bridgehead atoms. The number of rotatable bonds is 4. The fraction of sp³-hybridized carbons (Fsp3) is 0.615. The van der Waals surface area contributed by atoms with Crippen LogP contribution in [0.5, 0.6) is 0 Å². The van der Waals surface area contributed by atoms with E-state index in [0.717, 1.165) is 25.0 Å². The summed E-state index contributed by atoms with van der Waals surface area (Å²) in [7, 11) is 0. The maximum atomic E-state index is 11.3. The van der Waals surface area contributed by atoms with Gasteiger partial charge in [-0.25, -0.2) is 4.79 Å². The van der Waals surface area contributed by atoms with Gasteiger partial charge in [-0.1, -0.05) is 13.0 Å². The lowest BCUT2D eigenvalue weighted by Gasteiger charge is -2.23. The van der Waals surface area contributed by atoms with Crippen molar-refractivity contribution in [2.75, 3.05) is 6.61 Å². The minimum atomic E-state index is -0.315. The Balaban J connectivity index is 2.66. The van der Waals surface area contributed by atoms with Gasteiger partial charge in [0.15, 0.2) is 0 Å². The van der Waals surface area contributed by atoms with Crippen LogP contribution in [0.15, 0.2) is 24.0 Å². The van der Waals surface area contributed by atoms with Crippen LogP contribution in [-0.2, 0) is 14.3 Å². The Bertz CT molecular complexity index is 304. The molecule has 1 unspecified atom stereocenters. The zero-order valence-electron chi connectivity index (χ0n) is 10.3. The zero-order chi connectivity index (χ0) is 12.0. The van der Waals surface area contributed by atoms with Crippen LogP contribution in [-0.4, -0.2) is 18.2 Å². The minimum Gasteiger partial charge on any atom is -0.487 e. The number of ether oxygens (including phenoxy) is 2. The van der Waals surface area contributed by atoms with E-state index in [4.69, 9.17) is 9.47 Å². The molecule has 0 amide bonds. The molecule has 0 aromatic rings. The van der Waals surface area contributed by atoms with Crippen molar-refractivity contribution in [2.45, 2.75) is 45.6 Å². The van der Waals surface area contributed by atoms with Gasteiger partial charge < -0.3 is 9.47 Å². The molecule has 3 heteroatoms. The Labute approximate surface area is 97.1 Å². The highest BCUT2D eigenvalue weighted by Crippen LogP contribution is 2.36. The second kappa shape index (κ2) is 5.73. The predicted molar refractivity (Wildman–Crippen MR) is 62.9 cm³/mol. The molecule has 0 spiro atoms. The van der Waals surface area contributed by atoms with Gasteiger partial charge in [0.05, 0.1) is 12.7 Å². The van der Waals surface area contributed by atoms with Crippen molar-refractivity contribution < 1.29 is 14.3 Å². The lowest BCUT2D eigenvalue weighted by Crippen LogP contribution is -2.22. The van der Waals surface area contributed by atoms with Gasteiger partial charge in [-0.2, -0.15) is 0 Å². The van der Waals surface area contributed by atoms with Crippen LogP contribution in [0, 0.1) is 0 Å². The van der Waals surface area contributed by atoms with Gasteiger partial charge in [0.1, 0.15) is 11.4 Å². The Morgan fingerprint density at radius 3 is 2.88 bits per heavy atom. The fourth-order valence-electron chi connectivity index (χ4n) is 1.90. The van der Waals surface area contributed by atoms with Crippen molar-refractivity contribution in [1.29, 1.82) is 0 Å². The number of allylic oxidation sites excluding steroid dienone is 2. The molecule has 0 aromatic carbocycles. The number of esters is 1. The lowest BCUT2D eigenvalue weighted by molar-refractivity contribution is -0.137. The standard InChI is InChI=1S/C13H20O3/c1-4-8-13(5-2)9-7-11(16-13)10-12(14)15-6-3/h4,8,10H,5-7,9H2,1-3H3/b8-4-,11-10+. The maximum absolute atomic E-state index is 11.3. The zero-order valence-corrected chi connectivity index (χ0v) is 10.3. The molecular weight excluding hydrogens is 204 g/mol. The van der Waals surface area contributed by atoms with Gasteiger partial charge in [0, 0.05) is 6.42 Å². The van der Waals surface area contributed by atoms with Gasteiger partial charge >= 0.3 is 5.97 Å². The van der Waals surface area contributed by atoms with E-state index in [1.807, 2.05) is 13.0 Å². The number of hydrogen-bond acceptors (Lipinski definition) is 3. The molecule has 1 aliphatic heterocycles. The van der Waals surface area contributed by atoms with Gasteiger partial charge in [0.25, 0.3) is 0 Å².